The first-order valence-corrected chi connectivity index (χ1v) is 5.44. The fourth-order valence-electron chi connectivity index (χ4n) is 2.70. The van der Waals surface area contributed by atoms with Crippen molar-refractivity contribution in [2.24, 2.45) is 17.1 Å². The van der Waals surface area contributed by atoms with Crippen LogP contribution < -0.4 is 5.73 Å². The first-order valence-electron chi connectivity index (χ1n) is 5.44. The summed E-state index contributed by atoms with van der Waals surface area (Å²) in [5, 5.41) is 0. The Morgan fingerprint density at radius 2 is 2.07 bits per heavy atom. The monoisotopic (exact) mass is 207 g/mol. The Labute approximate surface area is 90.5 Å². The van der Waals surface area contributed by atoms with Crippen LogP contribution in [0.4, 0.5) is 4.39 Å². The predicted molar refractivity (Wildman–Crippen MR) is 60.2 cm³/mol. The molecule has 0 unspecified atom stereocenters. The lowest BCUT2D eigenvalue weighted by Gasteiger charge is -2.05. The van der Waals surface area contributed by atoms with Crippen LogP contribution in [0.1, 0.15) is 30.9 Å². The van der Waals surface area contributed by atoms with Crippen molar-refractivity contribution in [2.75, 3.05) is 6.54 Å². The van der Waals surface area contributed by atoms with Crippen molar-refractivity contribution in [3.63, 3.8) is 0 Å². The molecule has 2 rings (SSSR count). The zero-order valence-corrected chi connectivity index (χ0v) is 9.55. The second-order valence-electron chi connectivity index (χ2n) is 5.17. The first-order chi connectivity index (χ1) is 6.98. The Morgan fingerprint density at radius 1 is 1.40 bits per heavy atom. The summed E-state index contributed by atoms with van der Waals surface area (Å²) in [7, 11) is 0. The van der Waals surface area contributed by atoms with E-state index in [1.54, 1.807) is 6.07 Å². The normalized spacial score (nSPS) is 27.8. The average molecular weight is 207 g/mol. The molecular weight excluding hydrogens is 189 g/mol. The Bertz CT molecular complexity index is 384. The van der Waals surface area contributed by atoms with Crippen LogP contribution in [0.5, 0.6) is 0 Å². The van der Waals surface area contributed by atoms with Gasteiger partial charge in [-0.3, -0.25) is 0 Å². The minimum absolute atomic E-state index is 0.0883. The molecule has 0 spiro atoms. The van der Waals surface area contributed by atoms with Crippen LogP contribution in [0.3, 0.4) is 0 Å². The van der Waals surface area contributed by atoms with Crippen molar-refractivity contribution in [2.45, 2.75) is 26.7 Å². The van der Waals surface area contributed by atoms with Crippen LogP contribution in [0, 0.1) is 24.1 Å². The molecule has 1 nitrogen and oxygen atoms in total. The van der Waals surface area contributed by atoms with Crippen LogP contribution in [0.15, 0.2) is 18.2 Å². The summed E-state index contributed by atoms with van der Waals surface area (Å²) < 4.78 is 13.7. The molecule has 1 aromatic rings. The molecule has 0 amide bonds. The third-order valence-corrected chi connectivity index (χ3v) is 3.79. The maximum Gasteiger partial charge on any atom is 0.126 e. The number of aryl methyl sites for hydroxylation is 1. The van der Waals surface area contributed by atoms with Crippen molar-refractivity contribution in [3.8, 4) is 0 Å². The Kier molecular flexibility index (Phi) is 2.34. The Hall–Kier alpha value is -0.890. The van der Waals surface area contributed by atoms with E-state index in [4.69, 9.17) is 5.73 Å². The van der Waals surface area contributed by atoms with E-state index in [1.165, 1.54) is 0 Å². The van der Waals surface area contributed by atoms with Gasteiger partial charge in [0.15, 0.2) is 0 Å². The third-order valence-electron chi connectivity index (χ3n) is 3.79. The molecule has 2 atom stereocenters. The molecule has 1 aromatic carbocycles. The maximum absolute atomic E-state index is 13.7. The molecule has 2 heteroatoms. The van der Waals surface area contributed by atoms with Crippen LogP contribution in [-0.4, -0.2) is 6.54 Å². The highest BCUT2D eigenvalue weighted by Gasteiger charge is 2.57. The lowest BCUT2D eigenvalue weighted by atomic mass is 10.0. The molecule has 82 valence electrons. The van der Waals surface area contributed by atoms with Gasteiger partial charge >= 0.3 is 0 Å². The Balaban J connectivity index is 2.36. The largest absolute Gasteiger partial charge is 0.330 e. The summed E-state index contributed by atoms with van der Waals surface area (Å²) in [5.74, 6) is 0.630. The lowest BCUT2D eigenvalue weighted by molar-refractivity contribution is 0.551. The van der Waals surface area contributed by atoms with Crippen LogP contribution in [0.25, 0.3) is 0 Å². The van der Waals surface area contributed by atoms with Crippen molar-refractivity contribution >= 4 is 0 Å². The molecule has 0 saturated heterocycles. The van der Waals surface area contributed by atoms with Crippen molar-refractivity contribution in [3.05, 3.63) is 35.1 Å². The van der Waals surface area contributed by atoms with Gasteiger partial charge in [-0.1, -0.05) is 31.5 Å². The Morgan fingerprint density at radius 3 is 2.60 bits per heavy atom. The van der Waals surface area contributed by atoms with E-state index >= 15 is 0 Å². The molecule has 15 heavy (non-hydrogen) atoms. The van der Waals surface area contributed by atoms with Gasteiger partial charge in [-0.2, -0.15) is 0 Å². The zero-order chi connectivity index (χ0) is 11.2. The van der Waals surface area contributed by atoms with Crippen LogP contribution in [0.2, 0.25) is 0 Å². The van der Waals surface area contributed by atoms with Gasteiger partial charge in [-0.25, -0.2) is 4.39 Å². The number of hydrogen-bond acceptors (Lipinski definition) is 1. The molecule has 1 aliphatic carbocycles. The van der Waals surface area contributed by atoms with Gasteiger partial charge in [0.05, 0.1) is 0 Å². The molecule has 0 aromatic heterocycles. The fourth-order valence-corrected chi connectivity index (χ4v) is 2.70. The fraction of sp³-hybridized carbons (Fsp3) is 0.538. The average Bonchev–Trinajstić information content (AvgIpc) is 2.72. The van der Waals surface area contributed by atoms with E-state index in [9.17, 15) is 4.39 Å². The molecular formula is C13H18FN. The topological polar surface area (TPSA) is 26.0 Å². The summed E-state index contributed by atoms with van der Waals surface area (Å²) in [5.41, 5.74) is 7.82. The number of rotatable bonds is 2. The quantitative estimate of drug-likeness (QED) is 0.793. The highest BCUT2D eigenvalue weighted by Crippen LogP contribution is 2.64. The van der Waals surface area contributed by atoms with E-state index < -0.39 is 0 Å². The predicted octanol–water partition coefficient (Wildman–Crippen LogP) is 2.83. The lowest BCUT2D eigenvalue weighted by Crippen LogP contribution is -2.05. The molecule has 0 heterocycles. The summed E-state index contributed by atoms with van der Waals surface area (Å²) >= 11 is 0. The maximum atomic E-state index is 13.7. The summed E-state index contributed by atoms with van der Waals surface area (Å²) in [4.78, 5) is 0. The van der Waals surface area contributed by atoms with Gasteiger partial charge in [0.2, 0.25) is 0 Å². The number of nitrogens with two attached hydrogens (primary N) is 1. The molecule has 0 radical (unpaired) electrons. The summed E-state index contributed by atoms with van der Waals surface area (Å²) in [6.45, 7) is 6.97. The molecule has 2 N–H and O–H groups in total. The highest BCUT2D eigenvalue weighted by atomic mass is 19.1. The standard InChI is InChI=1S/C13H18FN/c1-8-4-5-11(14)9(6-8)12-10(7-15)13(12,2)3/h4-6,10,12H,7,15H2,1-3H3/t10-,12-/m0/s1. The van der Waals surface area contributed by atoms with E-state index in [0.29, 0.717) is 18.4 Å². The van der Waals surface area contributed by atoms with Gasteiger partial charge in [0.1, 0.15) is 5.82 Å². The smallest absolute Gasteiger partial charge is 0.126 e. The van der Waals surface area contributed by atoms with E-state index in [2.05, 4.69) is 13.8 Å². The molecule has 1 fully saturated rings. The zero-order valence-electron chi connectivity index (χ0n) is 9.55. The number of hydrogen-bond donors (Lipinski definition) is 1. The second-order valence-corrected chi connectivity index (χ2v) is 5.17. The SMILES string of the molecule is Cc1ccc(F)c([C@H]2[C@H](CN)C2(C)C)c1. The minimum Gasteiger partial charge on any atom is -0.330 e. The van der Waals surface area contributed by atoms with Gasteiger partial charge in [-0.05, 0) is 42.3 Å². The van der Waals surface area contributed by atoms with Crippen molar-refractivity contribution < 1.29 is 4.39 Å². The summed E-state index contributed by atoms with van der Waals surface area (Å²) in [6.07, 6.45) is 0. The van der Waals surface area contributed by atoms with Gasteiger partial charge < -0.3 is 5.73 Å². The van der Waals surface area contributed by atoms with Crippen molar-refractivity contribution in [1.82, 2.24) is 0 Å². The van der Waals surface area contributed by atoms with E-state index in [1.807, 2.05) is 19.1 Å². The van der Waals surface area contributed by atoms with Crippen LogP contribution in [-0.2, 0) is 0 Å². The number of benzene rings is 1. The van der Waals surface area contributed by atoms with Gasteiger partial charge in [-0.15, -0.1) is 0 Å². The van der Waals surface area contributed by atoms with Crippen LogP contribution >= 0.6 is 0 Å². The second kappa shape index (κ2) is 3.31. The van der Waals surface area contributed by atoms with Crippen molar-refractivity contribution in [1.29, 1.82) is 0 Å². The highest BCUT2D eigenvalue weighted by molar-refractivity contribution is 5.35. The molecule has 0 aliphatic heterocycles. The molecule has 0 bridgehead atoms. The minimum atomic E-state index is -0.0883. The van der Waals surface area contributed by atoms with E-state index in [0.717, 1.165) is 11.1 Å². The van der Waals surface area contributed by atoms with E-state index in [-0.39, 0.29) is 11.2 Å². The number of halogens is 1. The van der Waals surface area contributed by atoms with Gasteiger partial charge in [0.25, 0.3) is 0 Å². The molecule has 1 aliphatic rings. The van der Waals surface area contributed by atoms with Gasteiger partial charge in [0, 0.05) is 0 Å². The third kappa shape index (κ3) is 1.57. The summed E-state index contributed by atoms with van der Waals surface area (Å²) in [6, 6.07) is 5.33. The molecule has 1 saturated carbocycles. The first kappa shape index (κ1) is 10.6.